The van der Waals surface area contributed by atoms with Gasteiger partial charge in [0.2, 0.25) is 0 Å². The third-order valence-electron chi connectivity index (χ3n) is 4.87. The van der Waals surface area contributed by atoms with Crippen molar-refractivity contribution in [1.82, 2.24) is 9.80 Å². The van der Waals surface area contributed by atoms with E-state index >= 15 is 0 Å². The highest BCUT2D eigenvalue weighted by Gasteiger charge is 2.14. The van der Waals surface area contributed by atoms with Gasteiger partial charge in [0.05, 0.1) is 6.17 Å². The lowest BCUT2D eigenvalue weighted by Gasteiger charge is -2.33. The summed E-state index contributed by atoms with van der Waals surface area (Å²) >= 11 is 0. The second kappa shape index (κ2) is 15.8. The van der Waals surface area contributed by atoms with Crippen LogP contribution < -0.4 is 0 Å². The Labute approximate surface area is 141 Å². The first kappa shape index (κ1) is 21.9. The predicted octanol–water partition coefficient (Wildman–Crippen LogP) is 5.92. The molecule has 134 valence electrons. The lowest BCUT2D eigenvalue weighted by Crippen LogP contribution is -2.43. The van der Waals surface area contributed by atoms with Crippen molar-refractivity contribution in [3.8, 4) is 0 Å². The summed E-state index contributed by atoms with van der Waals surface area (Å²) in [5, 5.41) is 0. The minimum Gasteiger partial charge on any atom is -0.294 e. The first-order chi connectivity index (χ1) is 10.6. The Balaban J connectivity index is 3.58. The molecular weight excluding hydrogens is 268 g/mol. The van der Waals surface area contributed by atoms with Gasteiger partial charge in [-0.25, -0.2) is 0 Å². The van der Waals surface area contributed by atoms with Crippen molar-refractivity contribution in [3.05, 3.63) is 0 Å². The molecule has 0 aliphatic heterocycles. The van der Waals surface area contributed by atoms with Gasteiger partial charge in [-0.2, -0.15) is 0 Å². The van der Waals surface area contributed by atoms with Gasteiger partial charge in [-0.05, 0) is 47.0 Å². The molecule has 0 bridgehead atoms. The lowest BCUT2D eigenvalue weighted by molar-refractivity contribution is 0.0899. The van der Waals surface area contributed by atoms with Crippen LogP contribution in [-0.2, 0) is 0 Å². The van der Waals surface area contributed by atoms with Gasteiger partial charge in [-0.1, -0.05) is 78.1 Å². The van der Waals surface area contributed by atoms with Crippen molar-refractivity contribution >= 4 is 0 Å². The number of nitrogens with zero attached hydrogens (tertiary/aromatic N) is 2. The van der Waals surface area contributed by atoms with Gasteiger partial charge in [-0.15, -0.1) is 0 Å². The van der Waals surface area contributed by atoms with E-state index in [0.29, 0.717) is 6.17 Å². The van der Waals surface area contributed by atoms with Crippen molar-refractivity contribution < 1.29 is 0 Å². The van der Waals surface area contributed by atoms with Gasteiger partial charge < -0.3 is 0 Å². The topological polar surface area (TPSA) is 6.48 Å². The highest BCUT2D eigenvalue weighted by atomic mass is 15.3. The van der Waals surface area contributed by atoms with Crippen LogP contribution in [0.2, 0.25) is 0 Å². The van der Waals surface area contributed by atoms with E-state index < -0.39 is 0 Å². The zero-order valence-electron chi connectivity index (χ0n) is 16.4. The maximum absolute atomic E-state index is 2.66. The molecule has 0 aromatic heterocycles. The zero-order valence-corrected chi connectivity index (χ0v) is 16.4. The minimum atomic E-state index is 0.574. The van der Waals surface area contributed by atoms with Crippen LogP contribution in [0.5, 0.6) is 0 Å². The first-order valence-corrected chi connectivity index (χ1v) is 10.0. The molecule has 0 heterocycles. The van der Waals surface area contributed by atoms with E-state index in [0.717, 1.165) is 0 Å². The Bertz CT molecular complexity index is 216. The van der Waals surface area contributed by atoms with Crippen molar-refractivity contribution in [2.75, 3.05) is 27.2 Å². The van der Waals surface area contributed by atoms with E-state index in [-0.39, 0.29) is 0 Å². The second-order valence-electron chi connectivity index (χ2n) is 7.17. The van der Waals surface area contributed by atoms with Crippen LogP contribution in [0, 0.1) is 0 Å². The highest BCUT2D eigenvalue weighted by Crippen LogP contribution is 2.12. The summed E-state index contributed by atoms with van der Waals surface area (Å²) in [7, 11) is 4.39. The standard InChI is InChI=1S/C20H44N2/c1-6-8-10-11-12-13-14-15-16-17-19-22(18-9-7-2)20(3)21(4)5/h20H,6-19H2,1-5H3. The third kappa shape index (κ3) is 12.5. The summed E-state index contributed by atoms with van der Waals surface area (Å²) < 4.78 is 0. The molecule has 1 unspecified atom stereocenters. The van der Waals surface area contributed by atoms with Gasteiger partial charge >= 0.3 is 0 Å². The number of unbranched alkanes of at least 4 members (excludes halogenated alkanes) is 10. The molecule has 0 spiro atoms. The molecule has 0 aliphatic rings. The Hall–Kier alpha value is -0.0800. The van der Waals surface area contributed by atoms with Gasteiger partial charge in [0, 0.05) is 0 Å². The first-order valence-electron chi connectivity index (χ1n) is 10.0. The quantitative estimate of drug-likeness (QED) is 0.258. The van der Waals surface area contributed by atoms with Crippen molar-refractivity contribution in [2.45, 2.75) is 104 Å². The fourth-order valence-corrected chi connectivity index (χ4v) is 2.98. The molecule has 0 N–H and O–H groups in total. The molecule has 0 radical (unpaired) electrons. The summed E-state index contributed by atoms with van der Waals surface area (Å²) in [5.74, 6) is 0. The number of rotatable bonds is 16. The van der Waals surface area contributed by atoms with E-state index in [1.165, 1.54) is 90.1 Å². The maximum Gasteiger partial charge on any atom is 0.0588 e. The average molecular weight is 313 g/mol. The summed E-state index contributed by atoms with van der Waals surface area (Å²) in [6, 6.07) is 0. The molecule has 22 heavy (non-hydrogen) atoms. The Kier molecular flexibility index (Phi) is 15.7. The molecule has 2 nitrogen and oxygen atoms in total. The Morgan fingerprint density at radius 2 is 1.00 bits per heavy atom. The molecular formula is C20H44N2. The van der Waals surface area contributed by atoms with Crippen LogP contribution in [0.15, 0.2) is 0 Å². The summed E-state index contributed by atoms with van der Waals surface area (Å²) in [6.07, 6.45) is 17.5. The highest BCUT2D eigenvalue weighted by molar-refractivity contribution is 4.65. The predicted molar refractivity (Wildman–Crippen MR) is 101 cm³/mol. The van der Waals surface area contributed by atoms with Crippen LogP contribution in [0.1, 0.15) is 97.8 Å². The van der Waals surface area contributed by atoms with Crippen LogP contribution in [-0.4, -0.2) is 43.2 Å². The average Bonchev–Trinajstić information content (AvgIpc) is 2.51. The molecule has 0 aromatic rings. The van der Waals surface area contributed by atoms with E-state index in [9.17, 15) is 0 Å². The fraction of sp³-hybridized carbons (Fsp3) is 1.00. The normalized spacial score (nSPS) is 13.2. The molecule has 0 aromatic carbocycles. The van der Waals surface area contributed by atoms with E-state index in [1.54, 1.807) is 0 Å². The maximum atomic E-state index is 2.66. The summed E-state index contributed by atoms with van der Waals surface area (Å²) in [5.41, 5.74) is 0. The summed E-state index contributed by atoms with van der Waals surface area (Å²) in [6.45, 7) is 9.45. The molecule has 0 amide bonds. The van der Waals surface area contributed by atoms with Gasteiger partial charge in [-0.3, -0.25) is 9.80 Å². The lowest BCUT2D eigenvalue weighted by atomic mass is 10.1. The number of hydrogen-bond donors (Lipinski definition) is 0. The van der Waals surface area contributed by atoms with Crippen LogP contribution >= 0.6 is 0 Å². The van der Waals surface area contributed by atoms with Crippen molar-refractivity contribution in [3.63, 3.8) is 0 Å². The van der Waals surface area contributed by atoms with Gasteiger partial charge in [0.15, 0.2) is 0 Å². The molecule has 0 aliphatic carbocycles. The van der Waals surface area contributed by atoms with Crippen molar-refractivity contribution in [1.29, 1.82) is 0 Å². The molecule has 0 rings (SSSR count). The van der Waals surface area contributed by atoms with Crippen LogP contribution in [0.25, 0.3) is 0 Å². The monoisotopic (exact) mass is 312 g/mol. The Morgan fingerprint density at radius 1 is 0.591 bits per heavy atom. The van der Waals surface area contributed by atoms with Crippen LogP contribution in [0.3, 0.4) is 0 Å². The summed E-state index contributed by atoms with van der Waals surface area (Å²) in [4.78, 5) is 5.00. The zero-order chi connectivity index (χ0) is 16.6. The van der Waals surface area contributed by atoms with Crippen LogP contribution in [0.4, 0.5) is 0 Å². The van der Waals surface area contributed by atoms with Gasteiger partial charge in [0.1, 0.15) is 0 Å². The Morgan fingerprint density at radius 3 is 1.45 bits per heavy atom. The number of hydrogen-bond acceptors (Lipinski definition) is 2. The molecule has 0 saturated heterocycles. The smallest absolute Gasteiger partial charge is 0.0588 e. The SMILES string of the molecule is CCCCCCCCCCCCN(CCCC)C(C)N(C)C. The second-order valence-corrected chi connectivity index (χ2v) is 7.17. The van der Waals surface area contributed by atoms with E-state index in [4.69, 9.17) is 0 Å². The van der Waals surface area contributed by atoms with Gasteiger partial charge in [0.25, 0.3) is 0 Å². The molecule has 0 fully saturated rings. The molecule has 0 saturated carbocycles. The third-order valence-corrected chi connectivity index (χ3v) is 4.87. The molecule has 2 heteroatoms. The molecule has 1 atom stereocenters. The minimum absolute atomic E-state index is 0.574. The van der Waals surface area contributed by atoms with Crippen molar-refractivity contribution in [2.24, 2.45) is 0 Å². The fourth-order valence-electron chi connectivity index (χ4n) is 2.98. The largest absolute Gasteiger partial charge is 0.294 e. The van der Waals surface area contributed by atoms with E-state index in [2.05, 4.69) is 44.7 Å². The van der Waals surface area contributed by atoms with E-state index in [1.807, 2.05) is 0 Å².